The lowest BCUT2D eigenvalue weighted by Crippen LogP contribution is -2.37. The van der Waals surface area contributed by atoms with Gasteiger partial charge >= 0.3 is 0 Å². The zero-order chi connectivity index (χ0) is 23.4. The molecule has 0 saturated carbocycles. The average Bonchev–Trinajstić information content (AvgIpc) is 2.78. The van der Waals surface area contributed by atoms with E-state index in [0.29, 0.717) is 25.9 Å². The summed E-state index contributed by atoms with van der Waals surface area (Å²) < 4.78 is 0. The van der Waals surface area contributed by atoms with E-state index in [9.17, 15) is 24.9 Å². The van der Waals surface area contributed by atoms with E-state index in [4.69, 9.17) is 10.2 Å². The number of amides is 1. The van der Waals surface area contributed by atoms with Gasteiger partial charge in [0.25, 0.3) is 5.91 Å². The van der Waals surface area contributed by atoms with Crippen molar-refractivity contribution >= 4 is 34.3 Å². The smallest absolute Gasteiger partial charge is 0.253 e. The molecule has 11 nitrogen and oxygen atoms in total. The predicted molar refractivity (Wildman–Crippen MR) is 115 cm³/mol. The molecule has 0 spiro atoms. The van der Waals surface area contributed by atoms with E-state index in [1.165, 1.54) is 19.1 Å². The standard InChI is InChI=1S/C21H24N4O7/c1-11-19(30)13(10-28)16-18(20(11)31)24-15-12(2-3-14(29)17(15)23-16)21(32)22-4-5-25(6-8-26)7-9-27/h2-3,10,26-27,29-31H,4-9H2,1H3,(H,22,32). The van der Waals surface area contributed by atoms with Crippen LogP contribution in [0, 0.1) is 6.92 Å². The third kappa shape index (κ3) is 4.26. The van der Waals surface area contributed by atoms with E-state index in [2.05, 4.69) is 15.3 Å². The van der Waals surface area contributed by atoms with Crippen molar-refractivity contribution in [1.29, 1.82) is 0 Å². The molecule has 2 aromatic carbocycles. The van der Waals surface area contributed by atoms with Crippen LogP contribution in [0.5, 0.6) is 17.2 Å². The Morgan fingerprint density at radius 3 is 2.25 bits per heavy atom. The zero-order valence-corrected chi connectivity index (χ0v) is 17.4. The first-order valence-corrected chi connectivity index (χ1v) is 9.89. The molecule has 6 N–H and O–H groups in total. The number of aromatic hydroxyl groups is 3. The lowest BCUT2D eigenvalue weighted by molar-refractivity contribution is 0.0945. The van der Waals surface area contributed by atoms with Gasteiger partial charge in [0.1, 0.15) is 39.3 Å². The molecule has 1 aromatic heterocycles. The number of aromatic nitrogens is 2. The highest BCUT2D eigenvalue weighted by Gasteiger charge is 2.22. The van der Waals surface area contributed by atoms with E-state index in [-0.39, 0.29) is 64.3 Å². The maximum Gasteiger partial charge on any atom is 0.253 e. The van der Waals surface area contributed by atoms with Crippen molar-refractivity contribution in [3.05, 3.63) is 28.8 Å². The summed E-state index contributed by atoms with van der Waals surface area (Å²) in [6, 6.07) is 2.62. The number of rotatable bonds is 9. The minimum atomic E-state index is -0.512. The predicted octanol–water partition coefficient (Wildman–Crippen LogP) is 0.0371. The summed E-state index contributed by atoms with van der Waals surface area (Å²) >= 11 is 0. The Hall–Kier alpha value is -3.54. The number of carbonyl (C=O) groups is 2. The van der Waals surface area contributed by atoms with Crippen molar-refractivity contribution in [2.45, 2.75) is 6.92 Å². The second-order valence-corrected chi connectivity index (χ2v) is 7.15. The van der Waals surface area contributed by atoms with Crippen LogP contribution < -0.4 is 5.32 Å². The summed E-state index contributed by atoms with van der Waals surface area (Å²) in [4.78, 5) is 34.6. The van der Waals surface area contributed by atoms with Crippen molar-refractivity contribution in [3.63, 3.8) is 0 Å². The van der Waals surface area contributed by atoms with E-state index in [0.717, 1.165) is 0 Å². The van der Waals surface area contributed by atoms with Crippen LogP contribution in [0.3, 0.4) is 0 Å². The number of aliphatic hydroxyl groups is 2. The zero-order valence-electron chi connectivity index (χ0n) is 17.4. The molecule has 0 unspecified atom stereocenters. The molecule has 0 bridgehead atoms. The number of nitrogens with zero attached hydrogens (tertiary/aromatic N) is 3. The molecule has 3 rings (SSSR count). The third-order valence-electron chi connectivity index (χ3n) is 5.15. The van der Waals surface area contributed by atoms with E-state index in [1.807, 2.05) is 0 Å². The summed E-state index contributed by atoms with van der Waals surface area (Å²) in [5.74, 6) is -1.64. The maximum atomic E-state index is 12.8. The van der Waals surface area contributed by atoms with Crippen molar-refractivity contribution in [1.82, 2.24) is 20.2 Å². The molecular formula is C21H24N4O7. The van der Waals surface area contributed by atoms with Crippen LogP contribution in [0.15, 0.2) is 12.1 Å². The summed E-state index contributed by atoms with van der Waals surface area (Å²) in [5.41, 5.74) is -0.330. The molecule has 0 atom stereocenters. The van der Waals surface area contributed by atoms with Gasteiger partial charge in [0.2, 0.25) is 0 Å². The van der Waals surface area contributed by atoms with Crippen molar-refractivity contribution in [2.75, 3.05) is 39.4 Å². The quantitative estimate of drug-likeness (QED) is 0.195. The molecular weight excluding hydrogens is 420 g/mol. The number of aldehydes is 1. The summed E-state index contributed by atoms with van der Waals surface area (Å²) in [6.45, 7) is 2.54. The number of benzene rings is 2. The molecule has 3 aromatic rings. The lowest BCUT2D eigenvalue weighted by atomic mass is 10.0. The van der Waals surface area contributed by atoms with Gasteiger partial charge in [-0.25, -0.2) is 9.97 Å². The van der Waals surface area contributed by atoms with Gasteiger partial charge in [-0.3, -0.25) is 14.5 Å². The van der Waals surface area contributed by atoms with Gasteiger partial charge in [0, 0.05) is 31.7 Å². The Kier molecular flexibility index (Phi) is 7.03. The minimum Gasteiger partial charge on any atom is -0.507 e. The maximum absolute atomic E-state index is 12.8. The minimum absolute atomic E-state index is 0.00908. The van der Waals surface area contributed by atoms with Crippen LogP contribution in [0.4, 0.5) is 0 Å². The fourth-order valence-electron chi connectivity index (χ4n) is 3.41. The van der Waals surface area contributed by atoms with Gasteiger partial charge in [-0.1, -0.05) is 0 Å². The first-order valence-electron chi connectivity index (χ1n) is 9.89. The Labute approximate surface area is 182 Å². The number of phenolic OH excluding ortho intramolecular Hbond substituents is 3. The second kappa shape index (κ2) is 9.73. The van der Waals surface area contributed by atoms with E-state index >= 15 is 0 Å². The SMILES string of the molecule is Cc1c(O)c(C=O)c2nc3c(O)ccc(C(=O)NCCN(CCO)CCO)c3nc2c1O. The Balaban J connectivity index is 2.02. The average molecular weight is 444 g/mol. The summed E-state index contributed by atoms with van der Waals surface area (Å²) in [6.07, 6.45) is 0.378. The monoisotopic (exact) mass is 444 g/mol. The number of carbonyl (C=O) groups excluding carboxylic acids is 2. The number of phenols is 3. The molecule has 0 aliphatic rings. The van der Waals surface area contributed by atoms with Crippen LogP contribution in [0.25, 0.3) is 22.1 Å². The number of nitrogens with one attached hydrogen (secondary N) is 1. The Bertz CT molecular complexity index is 1180. The van der Waals surface area contributed by atoms with E-state index < -0.39 is 17.4 Å². The lowest BCUT2D eigenvalue weighted by Gasteiger charge is -2.20. The molecule has 0 radical (unpaired) electrons. The Morgan fingerprint density at radius 2 is 1.62 bits per heavy atom. The summed E-state index contributed by atoms with van der Waals surface area (Å²) in [7, 11) is 0. The summed E-state index contributed by atoms with van der Waals surface area (Å²) in [5, 5.41) is 51.7. The molecule has 1 heterocycles. The van der Waals surface area contributed by atoms with E-state index in [1.54, 1.807) is 4.90 Å². The van der Waals surface area contributed by atoms with Crippen LogP contribution in [-0.2, 0) is 0 Å². The van der Waals surface area contributed by atoms with Crippen LogP contribution in [0.2, 0.25) is 0 Å². The fourth-order valence-corrected chi connectivity index (χ4v) is 3.41. The van der Waals surface area contributed by atoms with Crippen molar-refractivity contribution in [3.8, 4) is 17.2 Å². The van der Waals surface area contributed by atoms with Crippen LogP contribution in [-0.4, -0.2) is 92.0 Å². The van der Waals surface area contributed by atoms with Crippen LogP contribution in [0.1, 0.15) is 26.3 Å². The third-order valence-corrected chi connectivity index (χ3v) is 5.15. The number of aliphatic hydroxyl groups excluding tert-OH is 2. The second-order valence-electron chi connectivity index (χ2n) is 7.15. The van der Waals surface area contributed by atoms with Gasteiger partial charge in [-0.2, -0.15) is 0 Å². The highest BCUT2D eigenvalue weighted by Crippen LogP contribution is 2.38. The highest BCUT2D eigenvalue weighted by atomic mass is 16.3. The number of fused-ring (bicyclic) bond motifs is 2. The molecule has 0 aliphatic carbocycles. The first kappa shape index (κ1) is 23.1. The fraction of sp³-hybridized carbons (Fsp3) is 0.333. The van der Waals surface area contributed by atoms with Gasteiger partial charge in [-0.05, 0) is 19.1 Å². The van der Waals surface area contributed by atoms with Gasteiger partial charge < -0.3 is 30.8 Å². The molecule has 0 saturated heterocycles. The largest absolute Gasteiger partial charge is 0.507 e. The number of hydrogen-bond donors (Lipinski definition) is 6. The molecule has 1 amide bonds. The van der Waals surface area contributed by atoms with Crippen molar-refractivity contribution in [2.24, 2.45) is 0 Å². The molecule has 0 aliphatic heterocycles. The molecule has 0 fully saturated rings. The normalized spacial score (nSPS) is 11.4. The number of hydrogen-bond acceptors (Lipinski definition) is 10. The molecule has 170 valence electrons. The molecule has 32 heavy (non-hydrogen) atoms. The van der Waals surface area contributed by atoms with Gasteiger partial charge in [-0.15, -0.1) is 0 Å². The Morgan fingerprint density at radius 1 is 0.969 bits per heavy atom. The van der Waals surface area contributed by atoms with Gasteiger partial charge in [0.05, 0.1) is 24.3 Å². The van der Waals surface area contributed by atoms with Crippen molar-refractivity contribution < 1.29 is 35.1 Å². The molecule has 11 heteroatoms. The van der Waals surface area contributed by atoms with Crippen LogP contribution >= 0.6 is 0 Å². The topological polar surface area (TPSA) is 176 Å². The highest BCUT2D eigenvalue weighted by molar-refractivity contribution is 6.09. The van der Waals surface area contributed by atoms with Gasteiger partial charge in [0.15, 0.2) is 6.29 Å². The first-order chi connectivity index (χ1) is 15.3.